The van der Waals surface area contributed by atoms with Gasteiger partial charge in [0, 0.05) is 34.0 Å². The van der Waals surface area contributed by atoms with Crippen LogP contribution < -0.4 is 9.44 Å². The Labute approximate surface area is 395 Å². The maximum absolute atomic E-state index is 13.9. The fraction of sp³-hybridized carbons (Fsp3) is 0.694. The minimum absolute atomic E-state index is 0.133. The highest BCUT2D eigenvalue weighted by atomic mass is 79.9. The summed E-state index contributed by atoms with van der Waals surface area (Å²) in [6.45, 7) is 29.8. The van der Waals surface area contributed by atoms with E-state index in [2.05, 4.69) is 99.8 Å². The monoisotopic (exact) mass is 1020 g/mol. The Bertz CT molecular complexity index is 1850. The molecule has 2 fully saturated rings. The highest BCUT2D eigenvalue weighted by Gasteiger charge is 2.67. The minimum Gasteiger partial charge on any atom is -0.496 e. The number of nitrogens with one attached hydrogen (secondary N) is 2. The van der Waals surface area contributed by atoms with Crippen LogP contribution in [0.3, 0.4) is 0 Å². The highest BCUT2D eigenvalue weighted by Crippen LogP contribution is 2.64. The fourth-order valence-corrected chi connectivity index (χ4v) is 14.8. The average molecular weight is 1030 g/mol. The molecule has 2 saturated carbocycles. The van der Waals surface area contributed by atoms with Crippen LogP contribution in [0, 0.1) is 34.5 Å². The van der Waals surface area contributed by atoms with Gasteiger partial charge in [-0.2, -0.15) is 0 Å². The first-order valence-corrected chi connectivity index (χ1v) is 26.2. The quantitative estimate of drug-likeness (QED) is 0.170. The summed E-state index contributed by atoms with van der Waals surface area (Å²) < 4.78 is 58.6. The second kappa shape index (κ2) is 19.4. The van der Waals surface area contributed by atoms with Gasteiger partial charge < -0.3 is 18.9 Å². The topological polar surface area (TPSA) is 112 Å². The smallest absolute Gasteiger partial charge is 0.332 e. The molecular formula is C49H74Br2N2O7S2. The SMILES string of the molecule is C=C(OCC)[C@@]1(N[S@@](=O)C(C)(C)C)c2cc(Br)ccc2CC12C[C@@H](C)C(OC)[C@@H](C)C2.CCOC(=O)[C@]1(N[S@@](=O)C(C)(C)C)c2cc(Br)ccc2CC12C[C@@H](C)C(OC)[C@@H](C)C2. The van der Waals surface area contributed by atoms with Crippen LogP contribution in [0.1, 0.15) is 131 Å². The number of halogens is 2. The van der Waals surface area contributed by atoms with E-state index in [1.165, 1.54) is 5.56 Å². The zero-order chi connectivity index (χ0) is 46.4. The average Bonchev–Trinajstić information content (AvgIpc) is 3.56. The maximum Gasteiger partial charge on any atom is 0.332 e. The predicted octanol–water partition coefficient (Wildman–Crippen LogP) is 10.8. The molecule has 4 aliphatic carbocycles. The van der Waals surface area contributed by atoms with E-state index in [9.17, 15) is 13.2 Å². The first-order valence-electron chi connectivity index (χ1n) is 22.4. The molecule has 0 aromatic heterocycles. The molecule has 0 saturated heterocycles. The summed E-state index contributed by atoms with van der Waals surface area (Å²) in [6.07, 6.45) is 5.46. The molecule has 2 N–H and O–H groups in total. The van der Waals surface area contributed by atoms with Crippen LogP contribution in [0.5, 0.6) is 0 Å². The molecule has 2 spiro atoms. The minimum atomic E-state index is -1.46. The third kappa shape index (κ3) is 9.28. The van der Waals surface area contributed by atoms with Crippen molar-refractivity contribution in [1.82, 2.24) is 9.44 Å². The van der Waals surface area contributed by atoms with Crippen molar-refractivity contribution in [2.75, 3.05) is 27.4 Å². The van der Waals surface area contributed by atoms with Gasteiger partial charge in [0.15, 0.2) is 5.54 Å². The van der Waals surface area contributed by atoms with E-state index in [1.807, 2.05) is 74.6 Å². The molecule has 62 heavy (non-hydrogen) atoms. The number of carbonyl (C=O) groups is 1. The molecule has 2 aromatic rings. The summed E-state index contributed by atoms with van der Waals surface area (Å²) in [5, 5.41) is 0. The zero-order valence-corrected chi connectivity index (χ0v) is 44.5. The third-order valence-electron chi connectivity index (χ3n) is 14.2. The number of ether oxygens (including phenoxy) is 4. The van der Waals surface area contributed by atoms with Crippen LogP contribution >= 0.6 is 31.9 Å². The first-order chi connectivity index (χ1) is 28.8. The fourth-order valence-electron chi connectivity index (χ4n) is 12.0. The number of rotatable bonds is 11. The molecule has 0 heterocycles. The molecule has 0 bridgehead atoms. The Morgan fingerprint density at radius 2 is 1.03 bits per heavy atom. The Balaban J connectivity index is 0.000000234. The number of hydrogen-bond acceptors (Lipinski definition) is 7. The lowest BCUT2D eigenvalue weighted by Gasteiger charge is -2.54. The van der Waals surface area contributed by atoms with Gasteiger partial charge in [-0.25, -0.2) is 22.7 Å². The van der Waals surface area contributed by atoms with Crippen molar-refractivity contribution in [3.63, 3.8) is 0 Å². The van der Waals surface area contributed by atoms with Crippen LogP contribution in [-0.2, 0) is 69.6 Å². The second-order valence-corrected chi connectivity index (χ2v) is 26.5. The van der Waals surface area contributed by atoms with Crippen molar-refractivity contribution in [1.29, 1.82) is 0 Å². The van der Waals surface area contributed by atoms with Crippen LogP contribution in [0.4, 0.5) is 0 Å². The zero-order valence-electron chi connectivity index (χ0n) is 39.7. The lowest BCUT2D eigenvalue weighted by molar-refractivity contribution is -0.163. The lowest BCUT2D eigenvalue weighted by atomic mass is 9.56. The van der Waals surface area contributed by atoms with Crippen LogP contribution in [-0.4, -0.2) is 63.5 Å². The predicted molar refractivity (Wildman–Crippen MR) is 260 cm³/mol. The van der Waals surface area contributed by atoms with Crippen molar-refractivity contribution < 1.29 is 32.2 Å². The number of benzene rings is 2. The Hall–Kier alpha value is -1.45. The summed E-state index contributed by atoms with van der Waals surface area (Å²) in [6, 6.07) is 12.6. The van der Waals surface area contributed by atoms with Crippen molar-refractivity contribution in [2.24, 2.45) is 34.5 Å². The van der Waals surface area contributed by atoms with Gasteiger partial charge in [0.2, 0.25) is 0 Å². The van der Waals surface area contributed by atoms with Gasteiger partial charge in [-0.15, -0.1) is 0 Å². The molecule has 2 aromatic carbocycles. The van der Waals surface area contributed by atoms with E-state index in [0.29, 0.717) is 24.2 Å². The largest absolute Gasteiger partial charge is 0.496 e. The number of hydrogen-bond donors (Lipinski definition) is 2. The van der Waals surface area contributed by atoms with Gasteiger partial charge in [0.25, 0.3) is 0 Å². The summed E-state index contributed by atoms with van der Waals surface area (Å²) in [4.78, 5) is 13.9. The van der Waals surface area contributed by atoms with E-state index < -0.39 is 48.0 Å². The Kier molecular flexibility index (Phi) is 16.1. The molecule has 0 aliphatic heterocycles. The van der Waals surface area contributed by atoms with Crippen LogP contribution in [0.2, 0.25) is 0 Å². The Morgan fingerprint density at radius 1 is 0.677 bits per heavy atom. The van der Waals surface area contributed by atoms with Gasteiger partial charge in [-0.05, 0) is 164 Å². The number of methoxy groups -OCH3 is 2. The van der Waals surface area contributed by atoms with E-state index >= 15 is 0 Å². The third-order valence-corrected chi connectivity index (χ3v) is 18.4. The van der Waals surface area contributed by atoms with E-state index in [-0.39, 0.29) is 42.0 Å². The van der Waals surface area contributed by atoms with Crippen molar-refractivity contribution in [2.45, 2.75) is 154 Å². The number of carbonyl (C=O) groups excluding carboxylic acids is 1. The lowest BCUT2D eigenvalue weighted by Crippen LogP contribution is -2.64. The highest BCUT2D eigenvalue weighted by molar-refractivity contribution is 9.10. The standard InChI is InChI=1S/C25H38BrNO3S.C24H36BrNO4S/c1-9-30-18(4)25(27-31(28)23(5,6)7)21-12-20(26)11-10-19(21)15-24(25)13-16(2)22(29-8)17(3)14-24;1-8-30-21(27)24(26-31(28)22(4,5)6)19-11-18(25)10-9-17(19)14-23(24)12-15(2)20(29-7)16(3)13-23/h10-12,16-17,22,27H,4,9,13-15H2,1-3,5-8H3;9-11,15-16,20,26H,8,12-14H2,1-7H3/t16-,17+,22?,24?,25-,31+;15-,16+,20?,23?,24-,31+/m11/s1. The molecule has 12 atom stereocenters. The summed E-state index contributed by atoms with van der Waals surface area (Å²) in [5.41, 5.74) is 1.85. The number of esters is 1. The van der Waals surface area contributed by atoms with Crippen molar-refractivity contribution >= 4 is 59.8 Å². The van der Waals surface area contributed by atoms with Gasteiger partial charge in [-0.3, -0.25) is 0 Å². The van der Waals surface area contributed by atoms with Crippen molar-refractivity contribution in [3.8, 4) is 0 Å². The first kappa shape index (κ1) is 51.5. The van der Waals surface area contributed by atoms with E-state index in [0.717, 1.165) is 64.2 Å². The normalized spacial score (nSPS) is 33.9. The van der Waals surface area contributed by atoms with Gasteiger partial charge >= 0.3 is 5.97 Å². The maximum atomic E-state index is 13.9. The molecule has 6 rings (SSSR count). The molecule has 0 amide bonds. The molecule has 348 valence electrons. The molecule has 13 heteroatoms. The molecular weight excluding hydrogens is 952 g/mol. The molecule has 0 radical (unpaired) electrons. The van der Waals surface area contributed by atoms with Crippen LogP contribution in [0.15, 0.2) is 57.7 Å². The van der Waals surface area contributed by atoms with Gasteiger partial charge in [0.05, 0.1) is 56.9 Å². The number of fused-ring (bicyclic) bond motifs is 2. The molecule has 4 aliphatic rings. The van der Waals surface area contributed by atoms with Gasteiger partial charge in [0.1, 0.15) is 11.3 Å². The van der Waals surface area contributed by atoms with Crippen LogP contribution in [0.25, 0.3) is 0 Å². The Morgan fingerprint density at radius 3 is 1.39 bits per heavy atom. The summed E-state index contributed by atoms with van der Waals surface area (Å²) in [7, 11) is 0.815. The molecule has 4 unspecified atom stereocenters. The summed E-state index contributed by atoms with van der Waals surface area (Å²) >= 11 is 7.26. The van der Waals surface area contributed by atoms with E-state index in [1.54, 1.807) is 7.11 Å². The summed E-state index contributed by atoms with van der Waals surface area (Å²) in [5.74, 6) is 1.57. The second-order valence-electron chi connectivity index (χ2n) is 20.7. The van der Waals surface area contributed by atoms with Crippen molar-refractivity contribution in [3.05, 3.63) is 79.9 Å². The van der Waals surface area contributed by atoms with E-state index in [4.69, 9.17) is 18.9 Å². The van der Waals surface area contributed by atoms with Gasteiger partial charge in [-0.1, -0.05) is 78.3 Å². The molecule has 9 nitrogen and oxygen atoms in total.